The standard InChI is InChI=1S/C26H37N5O2/c1-20-3-6-23(7-4-20)30-17-15-29(16-18-30)12-11-26(32)31-13-9-21(10-14-31)28-22-5-8-24(27)25(19-22)33-2/h3-8,19,21,28H,9-18,27H2,1-2H3. The Morgan fingerprint density at radius 2 is 1.73 bits per heavy atom. The highest BCUT2D eigenvalue weighted by Crippen LogP contribution is 2.26. The van der Waals surface area contributed by atoms with Crippen molar-refractivity contribution in [3.05, 3.63) is 48.0 Å². The first-order valence-corrected chi connectivity index (χ1v) is 12.0. The van der Waals surface area contributed by atoms with Gasteiger partial charge >= 0.3 is 0 Å². The number of amides is 1. The van der Waals surface area contributed by atoms with Crippen LogP contribution in [-0.2, 0) is 4.79 Å². The molecule has 0 aliphatic carbocycles. The van der Waals surface area contributed by atoms with E-state index in [2.05, 4.69) is 46.3 Å². The van der Waals surface area contributed by atoms with Crippen LogP contribution in [0.4, 0.5) is 17.1 Å². The van der Waals surface area contributed by atoms with Crippen molar-refractivity contribution in [3.8, 4) is 5.75 Å². The second-order valence-corrected chi connectivity index (χ2v) is 9.17. The molecule has 0 atom stereocenters. The van der Waals surface area contributed by atoms with Gasteiger partial charge in [0, 0.05) is 75.7 Å². The molecule has 2 aromatic carbocycles. The molecule has 2 aliphatic rings. The number of aryl methyl sites for hydroxylation is 1. The van der Waals surface area contributed by atoms with Gasteiger partial charge in [0.15, 0.2) is 0 Å². The number of piperidine rings is 1. The summed E-state index contributed by atoms with van der Waals surface area (Å²) in [5, 5.41) is 3.56. The molecule has 0 aromatic heterocycles. The molecule has 2 saturated heterocycles. The number of methoxy groups -OCH3 is 1. The monoisotopic (exact) mass is 451 g/mol. The highest BCUT2D eigenvalue weighted by molar-refractivity contribution is 5.76. The molecule has 3 N–H and O–H groups in total. The van der Waals surface area contributed by atoms with Crippen LogP contribution in [0.5, 0.6) is 5.75 Å². The van der Waals surface area contributed by atoms with Crippen molar-refractivity contribution in [1.82, 2.24) is 9.80 Å². The summed E-state index contributed by atoms with van der Waals surface area (Å²) in [7, 11) is 1.63. The van der Waals surface area contributed by atoms with E-state index in [0.29, 0.717) is 23.9 Å². The average Bonchev–Trinajstić information content (AvgIpc) is 2.85. The Morgan fingerprint density at radius 3 is 2.39 bits per heavy atom. The maximum atomic E-state index is 12.8. The Balaban J connectivity index is 1.16. The maximum absolute atomic E-state index is 12.8. The molecule has 0 saturated carbocycles. The SMILES string of the molecule is COc1cc(NC2CCN(C(=O)CCN3CCN(c4ccc(C)cc4)CC3)CC2)ccc1N. The Kier molecular flexibility index (Phi) is 7.60. The van der Waals surface area contributed by atoms with E-state index in [1.165, 1.54) is 11.3 Å². The van der Waals surface area contributed by atoms with E-state index in [4.69, 9.17) is 10.5 Å². The quantitative estimate of drug-likeness (QED) is 0.630. The Morgan fingerprint density at radius 1 is 1.03 bits per heavy atom. The molecule has 2 heterocycles. The summed E-state index contributed by atoms with van der Waals surface area (Å²) in [5.74, 6) is 0.968. The van der Waals surface area contributed by atoms with E-state index in [-0.39, 0.29) is 5.91 Å². The number of nitrogens with one attached hydrogen (secondary N) is 1. The lowest BCUT2D eigenvalue weighted by molar-refractivity contribution is -0.132. The fourth-order valence-corrected chi connectivity index (χ4v) is 4.71. The molecule has 0 spiro atoms. The first-order valence-electron chi connectivity index (χ1n) is 12.0. The van der Waals surface area contributed by atoms with Gasteiger partial charge in [0.1, 0.15) is 5.75 Å². The number of nitrogens with zero attached hydrogens (tertiary/aromatic N) is 3. The highest BCUT2D eigenvalue weighted by atomic mass is 16.5. The number of hydrogen-bond donors (Lipinski definition) is 2. The van der Waals surface area contributed by atoms with E-state index in [0.717, 1.165) is 64.3 Å². The van der Waals surface area contributed by atoms with Crippen LogP contribution in [0.15, 0.2) is 42.5 Å². The molecule has 4 rings (SSSR count). The first kappa shape index (κ1) is 23.2. The van der Waals surface area contributed by atoms with E-state index >= 15 is 0 Å². The van der Waals surface area contributed by atoms with Crippen molar-refractivity contribution in [1.29, 1.82) is 0 Å². The minimum Gasteiger partial charge on any atom is -0.495 e. The number of benzene rings is 2. The molecule has 2 aromatic rings. The molecule has 1 amide bonds. The van der Waals surface area contributed by atoms with Crippen LogP contribution < -0.4 is 20.7 Å². The van der Waals surface area contributed by atoms with Crippen LogP contribution in [0.25, 0.3) is 0 Å². The summed E-state index contributed by atoms with van der Waals surface area (Å²) in [6.45, 7) is 8.65. The molecule has 7 nitrogen and oxygen atoms in total. The van der Waals surface area contributed by atoms with Crippen molar-refractivity contribution in [2.45, 2.75) is 32.2 Å². The molecular weight excluding hydrogens is 414 g/mol. The Hall–Kier alpha value is -2.93. The second kappa shape index (κ2) is 10.8. The van der Waals surface area contributed by atoms with Crippen molar-refractivity contribution in [2.24, 2.45) is 0 Å². The number of rotatable bonds is 7. The van der Waals surface area contributed by atoms with Crippen LogP contribution in [0.3, 0.4) is 0 Å². The minimum atomic E-state index is 0.281. The zero-order valence-corrected chi connectivity index (χ0v) is 19.9. The smallest absolute Gasteiger partial charge is 0.223 e. The fourth-order valence-electron chi connectivity index (χ4n) is 4.71. The third-order valence-corrected chi connectivity index (χ3v) is 6.87. The van der Waals surface area contributed by atoms with Crippen molar-refractivity contribution >= 4 is 23.0 Å². The van der Waals surface area contributed by atoms with Crippen LogP contribution in [0, 0.1) is 6.92 Å². The number of ether oxygens (including phenoxy) is 1. The Bertz CT molecular complexity index is 917. The molecule has 0 bridgehead atoms. The first-order chi connectivity index (χ1) is 16.0. The van der Waals surface area contributed by atoms with Gasteiger partial charge < -0.3 is 25.6 Å². The summed E-state index contributed by atoms with van der Waals surface area (Å²) < 4.78 is 5.31. The predicted octanol–water partition coefficient (Wildman–Crippen LogP) is 3.20. The lowest BCUT2D eigenvalue weighted by Gasteiger charge is -2.37. The largest absolute Gasteiger partial charge is 0.495 e. The summed E-state index contributed by atoms with van der Waals surface area (Å²) in [6.07, 6.45) is 2.51. The van der Waals surface area contributed by atoms with Gasteiger partial charge in [-0.05, 0) is 44.0 Å². The molecule has 0 unspecified atom stereocenters. The summed E-state index contributed by atoms with van der Waals surface area (Å²) in [6, 6.07) is 14.9. The number of piperazine rings is 1. The number of nitrogens with two attached hydrogens (primary N) is 1. The minimum absolute atomic E-state index is 0.281. The summed E-state index contributed by atoms with van der Waals surface area (Å²) in [5.41, 5.74) is 10.1. The van der Waals surface area contributed by atoms with Crippen LogP contribution in [0.2, 0.25) is 0 Å². The number of likely N-dealkylation sites (tertiary alicyclic amines) is 1. The summed E-state index contributed by atoms with van der Waals surface area (Å²) in [4.78, 5) is 19.7. The van der Waals surface area contributed by atoms with Gasteiger partial charge in [-0.3, -0.25) is 9.69 Å². The van der Waals surface area contributed by atoms with E-state index in [1.54, 1.807) is 7.11 Å². The van der Waals surface area contributed by atoms with Crippen LogP contribution in [-0.4, -0.2) is 74.7 Å². The molecule has 178 valence electrons. The number of nitrogen functional groups attached to an aromatic ring is 1. The zero-order valence-electron chi connectivity index (χ0n) is 19.9. The van der Waals surface area contributed by atoms with E-state index in [9.17, 15) is 4.79 Å². The number of anilines is 3. The lowest BCUT2D eigenvalue weighted by atomic mass is 10.0. The van der Waals surface area contributed by atoms with Gasteiger partial charge in [-0.25, -0.2) is 0 Å². The van der Waals surface area contributed by atoms with E-state index in [1.807, 2.05) is 23.1 Å². The fraction of sp³-hybridized carbons (Fsp3) is 0.500. The third kappa shape index (κ3) is 6.11. The van der Waals surface area contributed by atoms with Gasteiger partial charge in [-0.1, -0.05) is 17.7 Å². The number of hydrogen-bond acceptors (Lipinski definition) is 6. The Labute approximate surface area is 197 Å². The molecule has 2 fully saturated rings. The molecule has 2 aliphatic heterocycles. The van der Waals surface area contributed by atoms with Gasteiger partial charge in [0.05, 0.1) is 12.8 Å². The highest BCUT2D eigenvalue weighted by Gasteiger charge is 2.24. The maximum Gasteiger partial charge on any atom is 0.223 e. The average molecular weight is 452 g/mol. The van der Waals surface area contributed by atoms with Gasteiger partial charge in [-0.15, -0.1) is 0 Å². The normalized spacial score (nSPS) is 17.8. The topological polar surface area (TPSA) is 74.1 Å². The van der Waals surface area contributed by atoms with Gasteiger partial charge in [0.2, 0.25) is 5.91 Å². The van der Waals surface area contributed by atoms with Crippen molar-refractivity contribution in [3.63, 3.8) is 0 Å². The predicted molar refractivity (Wildman–Crippen MR) is 135 cm³/mol. The van der Waals surface area contributed by atoms with Gasteiger partial charge in [0.25, 0.3) is 0 Å². The van der Waals surface area contributed by atoms with Crippen molar-refractivity contribution < 1.29 is 9.53 Å². The second-order valence-electron chi connectivity index (χ2n) is 9.17. The number of carbonyl (C=O) groups is 1. The number of carbonyl (C=O) groups excluding carboxylic acids is 1. The summed E-state index contributed by atoms with van der Waals surface area (Å²) >= 11 is 0. The van der Waals surface area contributed by atoms with E-state index < -0.39 is 0 Å². The lowest BCUT2D eigenvalue weighted by Crippen LogP contribution is -2.48. The van der Waals surface area contributed by atoms with Gasteiger partial charge in [-0.2, -0.15) is 0 Å². The van der Waals surface area contributed by atoms with Crippen LogP contribution in [0.1, 0.15) is 24.8 Å². The molecule has 33 heavy (non-hydrogen) atoms. The molecular formula is C26H37N5O2. The third-order valence-electron chi connectivity index (χ3n) is 6.87. The molecule has 7 heteroatoms. The van der Waals surface area contributed by atoms with Crippen LogP contribution >= 0.6 is 0 Å². The zero-order chi connectivity index (χ0) is 23.2. The molecule has 0 radical (unpaired) electrons. The van der Waals surface area contributed by atoms with Crippen molar-refractivity contribution in [2.75, 3.05) is 68.9 Å².